The molecule has 0 aliphatic heterocycles. The lowest BCUT2D eigenvalue weighted by Crippen LogP contribution is -1.89. The number of rotatable bonds is 0. The first kappa shape index (κ1) is 6.82. The number of aryl methyl sites for hydroxylation is 1. The Balaban J connectivity index is 3.31. The summed E-state index contributed by atoms with van der Waals surface area (Å²) in [6.07, 6.45) is 6.94. The molecule has 0 bridgehead atoms. The number of hydrogen-bond acceptors (Lipinski definition) is 1. The van der Waals surface area contributed by atoms with Crippen molar-refractivity contribution in [2.24, 2.45) is 0 Å². The molecule has 10 heavy (non-hydrogen) atoms. The van der Waals surface area contributed by atoms with E-state index < -0.39 is 0 Å². The molecule has 0 aromatic carbocycles. The SMILES string of the molecule is C#Cc1nccc(C)c1C. The van der Waals surface area contributed by atoms with Crippen LogP contribution in [0.3, 0.4) is 0 Å². The molecule has 0 N–H and O–H groups in total. The summed E-state index contributed by atoms with van der Waals surface area (Å²) in [6.45, 7) is 4.01. The molecule has 0 fully saturated rings. The number of nitrogens with zero attached hydrogens (tertiary/aromatic N) is 1. The third-order valence-corrected chi connectivity index (χ3v) is 1.61. The normalized spacial score (nSPS) is 8.90. The van der Waals surface area contributed by atoms with Crippen molar-refractivity contribution in [3.63, 3.8) is 0 Å². The summed E-state index contributed by atoms with van der Waals surface area (Å²) in [5, 5.41) is 0. The lowest BCUT2D eigenvalue weighted by molar-refractivity contribution is 1.18. The molecule has 1 nitrogen and oxygen atoms in total. The van der Waals surface area contributed by atoms with Crippen LogP contribution in [0.25, 0.3) is 0 Å². The Labute approximate surface area is 61.1 Å². The van der Waals surface area contributed by atoms with Crippen LogP contribution in [0.4, 0.5) is 0 Å². The summed E-state index contributed by atoms with van der Waals surface area (Å²) in [4.78, 5) is 4.02. The first-order chi connectivity index (χ1) is 4.75. The molecule has 0 atom stereocenters. The molecule has 0 amide bonds. The van der Waals surface area contributed by atoms with Crippen LogP contribution in [0.2, 0.25) is 0 Å². The Morgan fingerprint density at radius 2 is 2.20 bits per heavy atom. The van der Waals surface area contributed by atoms with Crippen molar-refractivity contribution in [3.8, 4) is 12.3 Å². The zero-order chi connectivity index (χ0) is 7.56. The van der Waals surface area contributed by atoms with Crippen LogP contribution in [0.5, 0.6) is 0 Å². The van der Waals surface area contributed by atoms with E-state index in [1.54, 1.807) is 6.20 Å². The van der Waals surface area contributed by atoms with Gasteiger partial charge in [-0.1, -0.05) is 0 Å². The summed E-state index contributed by atoms with van der Waals surface area (Å²) in [7, 11) is 0. The molecular weight excluding hydrogens is 122 g/mol. The maximum Gasteiger partial charge on any atom is 0.116 e. The summed E-state index contributed by atoms with van der Waals surface area (Å²) in [5.41, 5.74) is 3.05. The van der Waals surface area contributed by atoms with Crippen LogP contribution in [0.15, 0.2) is 12.3 Å². The van der Waals surface area contributed by atoms with Crippen LogP contribution in [-0.4, -0.2) is 4.98 Å². The second kappa shape index (κ2) is 2.53. The van der Waals surface area contributed by atoms with E-state index >= 15 is 0 Å². The second-order valence-electron chi connectivity index (χ2n) is 2.25. The summed E-state index contributed by atoms with van der Waals surface area (Å²) < 4.78 is 0. The van der Waals surface area contributed by atoms with Gasteiger partial charge in [0.25, 0.3) is 0 Å². The molecule has 0 saturated heterocycles. The Morgan fingerprint density at radius 1 is 1.50 bits per heavy atom. The Hall–Kier alpha value is -1.29. The molecule has 0 aliphatic carbocycles. The first-order valence-corrected chi connectivity index (χ1v) is 3.14. The van der Waals surface area contributed by atoms with Gasteiger partial charge >= 0.3 is 0 Å². The van der Waals surface area contributed by atoms with Crippen LogP contribution in [0, 0.1) is 26.2 Å². The molecule has 1 heteroatoms. The standard InChI is InChI=1S/C9H9N/c1-4-9-8(3)7(2)5-6-10-9/h1,5-6H,2-3H3. The van der Waals surface area contributed by atoms with Gasteiger partial charge in [0.1, 0.15) is 5.69 Å². The molecule has 0 radical (unpaired) electrons. The van der Waals surface area contributed by atoms with Gasteiger partial charge in [-0.05, 0) is 37.0 Å². The molecule has 1 heterocycles. The zero-order valence-electron chi connectivity index (χ0n) is 6.18. The van der Waals surface area contributed by atoms with Gasteiger partial charge in [-0.3, -0.25) is 0 Å². The van der Waals surface area contributed by atoms with E-state index in [4.69, 9.17) is 6.42 Å². The molecule has 0 spiro atoms. The van der Waals surface area contributed by atoms with Gasteiger partial charge in [0, 0.05) is 6.20 Å². The van der Waals surface area contributed by atoms with E-state index in [1.165, 1.54) is 5.56 Å². The highest BCUT2D eigenvalue weighted by atomic mass is 14.7. The highest BCUT2D eigenvalue weighted by Gasteiger charge is 1.96. The topological polar surface area (TPSA) is 12.9 Å². The smallest absolute Gasteiger partial charge is 0.116 e. The highest BCUT2D eigenvalue weighted by molar-refractivity contribution is 5.37. The predicted octanol–water partition coefficient (Wildman–Crippen LogP) is 1.68. The number of hydrogen-bond donors (Lipinski definition) is 0. The molecular formula is C9H9N. The fourth-order valence-corrected chi connectivity index (χ4v) is 0.778. The van der Waals surface area contributed by atoms with Crippen LogP contribution in [-0.2, 0) is 0 Å². The molecule has 50 valence electrons. The third-order valence-electron chi connectivity index (χ3n) is 1.61. The van der Waals surface area contributed by atoms with Gasteiger partial charge in [-0.15, -0.1) is 6.42 Å². The lowest BCUT2D eigenvalue weighted by atomic mass is 10.1. The van der Waals surface area contributed by atoms with Crippen molar-refractivity contribution in [1.29, 1.82) is 0 Å². The summed E-state index contributed by atoms with van der Waals surface area (Å²) >= 11 is 0. The molecule has 1 aromatic heterocycles. The highest BCUT2D eigenvalue weighted by Crippen LogP contribution is 2.07. The van der Waals surface area contributed by atoms with Crippen molar-refractivity contribution in [2.45, 2.75) is 13.8 Å². The van der Waals surface area contributed by atoms with Crippen LogP contribution < -0.4 is 0 Å². The minimum absolute atomic E-state index is 0.750. The molecule has 1 rings (SSSR count). The van der Waals surface area contributed by atoms with Gasteiger partial charge in [0.05, 0.1) is 0 Å². The predicted molar refractivity (Wildman–Crippen MR) is 41.6 cm³/mol. The average molecular weight is 131 g/mol. The monoisotopic (exact) mass is 131 g/mol. The molecule has 0 saturated carbocycles. The maximum atomic E-state index is 5.21. The molecule has 0 unspecified atom stereocenters. The van der Waals surface area contributed by atoms with Crippen molar-refractivity contribution in [3.05, 3.63) is 29.1 Å². The first-order valence-electron chi connectivity index (χ1n) is 3.14. The van der Waals surface area contributed by atoms with E-state index in [1.807, 2.05) is 19.9 Å². The number of aromatic nitrogens is 1. The maximum absolute atomic E-state index is 5.21. The van der Waals surface area contributed by atoms with Crippen LogP contribution in [0.1, 0.15) is 16.8 Å². The largest absolute Gasteiger partial charge is 0.248 e. The average Bonchev–Trinajstić information content (AvgIpc) is 1.95. The van der Waals surface area contributed by atoms with Crippen molar-refractivity contribution >= 4 is 0 Å². The lowest BCUT2D eigenvalue weighted by Gasteiger charge is -1.99. The van der Waals surface area contributed by atoms with E-state index in [2.05, 4.69) is 10.9 Å². The number of terminal acetylenes is 1. The van der Waals surface area contributed by atoms with E-state index in [-0.39, 0.29) is 0 Å². The summed E-state index contributed by atoms with van der Waals surface area (Å²) in [6, 6.07) is 1.95. The van der Waals surface area contributed by atoms with Gasteiger partial charge in [-0.2, -0.15) is 0 Å². The summed E-state index contributed by atoms with van der Waals surface area (Å²) in [5.74, 6) is 2.52. The van der Waals surface area contributed by atoms with E-state index in [0.717, 1.165) is 11.3 Å². The van der Waals surface area contributed by atoms with Gasteiger partial charge in [0.15, 0.2) is 0 Å². The minimum Gasteiger partial charge on any atom is -0.248 e. The van der Waals surface area contributed by atoms with Crippen molar-refractivity contribution in [2.75, 3.05) is 0 Å². The fourth-order valence-electron chi connectivity index (χ4n) is 0.778. The number of pyridine rings is 1. The van der Waals surface area contributed by atoms with Crippen molar-refractivity contribution < 1.29 is 0 Å². The molecule has 0 aliphatic rings. The fraction of sp³-hybridized carbons (Fsp3) is 0.222. The van der Waals surface area contributed by atoms with E-state index in [9.17, 15) is 0 Å². The van der Waals surface area contributed by atoms with Crippen LogP contribution >= 0.6 is 0 Å². The zero-order valence-corrected chi connectivity index (χ0v) is 6.18. The Morgan fingerprint density at radius 3 is 2.70 bits per heavy atom. The molecule has 1 aromatic rings. The van der Waals surface area contributed by atoms with Gasteiger partial charge in [-0.25, -0.2) is 4.98 Å². The quantitative estimate of drug-likeness (QED) is 0.488. The van der Waals surface area contributed by atoms with E-state index in [0.29, 0.717) is 0 Å². The Kier molecular flexibility index (Phi) is 1.73. The second-order valence-corrected chi connectivity index (χ2v) is 2.25. The minimum atomic E-state index is 0.750. The third kappa shape index (κ3) is 1.01. The van der Waals surface area contributed by atoms with Crippen molar-refractivity contribution in [1.82, 2.24) is 4.98 Å². The van der Waals surface area contributed by atoms with Gasteiger partial charge < -0.3 is 0 Å². The van der Waals surface area contributed by atoms with Gasteiger partial charge in [0.2, 0.25) is 0 Å². The Bertz CT molecular complexity index is 281.